The number of nitriles is 1. The largest absolute Gasteiger partial charge is 0.489 e. The molecule has 0 N–H and O–H groups in total. The normalized spacial score (nSPS) is 16.8. The Morgan fingerprint density at radius 3 is 2.69 bits per heavy atom. The van der Waals surface area contributed by atoms with E-state index in [2.05, 4.69) is 6.07 Å². The summed E-state index contributed by atoms with van der Waals surface area (Å²) >= 11 is 5.94. The number of ether oxygens (including phenoxy) is 1. The molecule has 0 saturated heterocycles. The summed E-state index contributed by atoms with van der Waals surface area (Å²) in [7, 11) is 0. The molecular formula is C13H14ClNO. The molecule has 2 rings (SSSR count). The maximum atomic E-state index is 9.01. The first-order valence-electron chi connectivity index (χ1n) is 5.66. The van der Waals surface area contributed by atoms with Crippen molar-refractivity contribution in [2.75, 3.05) is 0 Å². The van der Waals surface area contributed by atoms with E-state index in [4.69, 9.17) is 21.6 Å². The minimum Gasteiger partial charge on any atom is -0.489 e. The summed E-state index contributed by atoms with van der Waals surface area (Å²) in [5, 5.41) is 9.48. The minimum absolute atomic E-state index is 0.249. The van der Waals surface area contributed by atoms with E-state index in [-0.39, 0.29) is 6.10 Å². The third-order valence-corrected chi connectivity index (χ3v) is 3.25. The third kappa shape index (κ3) is 2.48. The van der Waals surface area contributed by atoms with E-state index in [0.29, 0.717) is 16.3 Å². The zero-order valence-corrected chi connectivity index (χ0v) is 9.83. The fraction of sp³-hybridized carbons (Fsp3) is 0.462. The molecule has 1 saturated carbocycles. The number of nitrogens with zero attached hydrogens (tertiary/aromatic N) is 1. The lowest BCUT2D eigenvalue weighted by molar-refractivity contribution is 0.154. The van der Waals surface area contributed by atoms with Gasteiger partial charge in [0.05, 0.1) is 11.1 Å². The smallest absolute Gasteiger partial charge is 0.139 e. The molecule has 0 unspecified atom stereocenters. The minimum atomic E-state index is 0.249. The molecule has 2 nitrogen and oxygen atoms in total. The van der Waals surface area contributed by atoms with Crippen LogP contribution in [0.25, 0.3) is 0 Å². The van der Waals surface area contributed by atoms with Crippen molar-refractivity contribution >= 4 is 11.6 Å². The molecule has 0 aromatic heterocycles. The second-order valence-electron chi connectivity index (χ2n) is 4.10. The van der Waals surface area contributed by atoms with Gasteiger partial charge in [0.1, 0.15) is 17.4 Å². The summed E-state index contributed by atoms with van der Waals surface area (Å²) in [4.78, 5) is 0. The van der Waals surface area contributed by atoms with Crippen LogP contribution in [0.1, 0.15) is 37.7 Å². The van der Waals surface area contributed by atoms with Gasteiger partial charge in [0.2, 0.25) is 0 Å². The Labute approximate surface area is 101 Å². The Morgan fingerprint density at radius 1 is 1.25 bits per heavy atom. The van der Waals surface area contributed by atoms with Crippen molar-refractivity contribution < 1.29 is 4.74 Å². The van der Waals surface area contributed by atoms with Gasteiger partial charge in [-0.2, -0.15) is 5.26 Å². The average molecular weight is 236 g/mol. The van der Waals surface area contributed by atoms with Gasteiger partial charge in [0.25, 0.3) is 0 Å². The molecule has 0 aliphatic heterocycles. The first kappa shape index (κ1) is 11.3. The number of rotatable bonds is 2. The van der Waals surface area contributed by atoms with Crippen molar-refractivity contribution in [3.8, 4) is 11.8 Å². The van der Waals surface area contributed by atoms with Gasteiger partial charge in [-0.05, 0) is 37.8 Å². The SMILES string of the molecule is N#Cc1c(Cl)cccc1OC1CCCCC1. The topological polar surface area (TPSA) is 33.0 Å². The summed E-state index contributed by atoms with van der Waals surface area (Å²) in [6.45, 7) is 0. The molecule has 16 heavy (non-hydrogen) atoms. The van der Waals surface area contributed by atoms with Crippen molar-refractivity contribution in [3.05, 3.63) is 28.8 Å². The Kier molecular flexibility index (Phi) is 3.69. The summed E-state index contributed by atoms with van der Waals surface area (Å²) < 4.78 is 5.85. The average Bonchev–Trinajstić information content (AvgIpc) is 2.31. The van der Waals surface area contributed by atoms with Gasteiger partial charge in [-0.15, -0.1) is 0 Å². The molecule has 1 fully saturated rings. The highest BCUT2D eigenvalue weighted by molar-refractivity contribution is 6.31. The van der Waals surface area contributed by atoms with E-state index in [1.807, 2.05) is 12.1 Å². The van der Waals surface area contributed by atoms with E-state index < -0.39 is 0 Å². The lowest BCUT2D eigenvalue weighted by atomic mass is 9.98. The molecule has 0 amide bonds. The van der Waals surface area contributed by atoms with Gasteiger partial charge in [0.15, 0.2) is 0 Å². The van der Waals surface area contributed by atoms with E-state index in [1.165, 1.54) is 19.3 Å². The number of hydrogen-bond donors (Lipinski definition) is 0. The summed E-state index contributed by atoms with van der Waals surface area (Å²) in [6, 6.07) is 7.45. The van der Waals surface area contributed by atoms with Gasteiger partial charge in [0, 0.05) is 0 Å². The second kappa shape index (κ2) is 5.23. The van der Waals surface area contributed by atoms with Crippen molar-refractivity contribution in [3.63, 3.8) is 0 Å². The lowest BCUT2D eigenvalue weighted by Crippen LogP contribution is -2.20. The quantitative estimate of drug-likeness (QED) is 0.778. The first-order valence-corrected chi connectivity index (χ1v) is 6.04. The van der Waals surface area contributed by atoms with Crippen LogP contribution in [0.5, 0.6) is 5.75 Å². The maximum Gasteiger partial charge on any atom is 0.139 e. The molecule has 1 aromatic carbocycles. The highest BCUT2D eigenvalue weighted by Gasteiger charge is 2.17. The number of hydrogen-bond acceptors (Lipinski definition) is 2. The van der Waals surface area contributed by atoms with Crippen LogP contribution in [0.3, 0.4) is 0 Å². The van der Waals surface area contributed by atoms with Crippen LogP contribution in [0.2, 0.25) is 5.02 Å². The van der Waals surface area contributed by atoms with Gasteiger partial charge in [-0.25, -0.2) is 0 Å². The Hall–Kier alpha value is -1.20. The van der Waals surface area contributed by atoms with E-state index >= 15 is 0 Å². The first-order chi connectivity index (χ1) is 7.81. The zero-order chi connectivity index (χ0) is 11.4. The maximum absolute atomic E-state index is 9.01. The van der Waals surface area contributed by atoms with Crippen molar-refractivity contribution in [2.45, 2.75) is 38.2 Å². The van der Waals surface area contributed by atoms with Gasteiger partial charge in [-0.1, -0.05) is 24.1 Å². The monoisotopic (exact) mass is 235 g/mol. The fourth-order valence-corrected chi connectivity index (χ4v) is 2.28. The zero-order valence-electron chi connectivity index (χ0n) is 9.08. The van der Waals surface area contributed by atoms with Crippen LogP contribution >= 0.6 is 11.6 Å². The Morgan fingerprint density at radius 2 is 2.00 bits per heavy atom. The van der Waals surface area contributed by atoms with Crippen LogP contribution in [-0.4, -0.2) is 6.10 Å². The van der Waals surface area contributed by atoms with E-state index in [1.54, 1.807) is 6.07 Å². The van der Waals surface area contributed by atoms with Gasteiger partial charge in [-0.3, -0.25) is 0 Å². The van der Waals surface area contributed by atoms with E-state index in [0.717, 1.165) is 12.8 Å². The summed E-state index contributed by atoms with van der Waals surface area (Å²) in [5.41, 5.74) is 0.453. The molecule has 0 bridgehead atoms. The summed E-state index contributed by atoms with van der Waals surface area (Å²) in [6.07, 6.45) is 6.13. The van der Waals surface area contributed by atoms with Crippen LogP contribution in [0.4, 0.5) is 0 Å². The number of benzene rings is 1. The van der Waals surface area contributed by atoms with Crippen LogP contribution < -0.4 is 4.74 Å². The van der Waals surface area contributed by atoms with E-state index in [9.17, 15) is 0 Å². The fourth-order valence-electron chi connectivity index (χ4n) is 2.07. The predicted molar refractivity (Wildman–Crippen MR) is 63.7 cm³/mol. The molecule has 84 valence electrons. The predicted octanol–water partition coefficient (Wildman–Crippen LogP) is 3.92. The Bertz CT molecular complexity index is 405. The lowest BCUT2D eigenvalue weighted by Gasteiger charge is -2.23. The highest BCUT2D eigenvalue weighted by atomic mass is 35.5. The number of halogens is 1. The van der Waals surface area contributed by atoms with Crippen LogP contribution in [0.15, 0.2) is 18.2 Å². The van der Waals surface area contributed by atoms with Crippen molar-refractivity contribution in [1.29, 1.82) is 5.26 Å². The summed E-state index contributed by atoms with van der Waals surface area (Å²) in [5.74, 6) is 0.627. The second-order valence-corrected chi connectivity index (χ2v) is 4.51. The molecule has 3 heteroatoms. The molecule has 1 aliphatic rings. The van der Waals surface area contributed by atoms with Crippen molar-refractivity contribution in [1.82, 2.24) is 0 Å². The molecule has 0 heterocycles. The standard InChI is InChI=1S/C13H14ClNO/c14-12-7-4-8-13(11(12)9-15)16-10-5-2-1-3-6-10/h4,7-8,10H,1-3,5-6H2. The molecule has 1 aromatic rings. The van der Waals surface area contributed by atoms with Crippen LogP contribution in [-0.2, 0) is 0 Å². The van der Waals surface area contributed by atoms with Crippen LogP contribution in [0, 0.1) is 11.3 Å². The molecule has 0 atom stereocenters. The van der Waals surface area contributed by atoms with Gasteiger partial charge < -0.3 is 4.74 Å². The molecular weight excluding hydrogens is 222 g/mol. The Balaban J connectivity index is 2.14. The third-order valence-electron chi connectivity index (χ3n) is 2.93. The van der Waals surface area contributed by atoms with Gasteiger partial charge >= 0.3 is 0 Å². The molecule has 0 radical (unpaired) electrons. The highest BCUT2D eigenvalue weighted by Crippen LogP contribution is 2.29. The molecule has 1 aliphatic carbocycles. The van der Waals surface area contributed by atoms with Crippen molar-refractivity contribution in [2.24, 2.45) is 0 Å². The molecule has 0 spiro atoms.